The van der Waals surface area contributed by atoms with Crippen LogP contribution >= 0.6 is 0 Å². The zero-order chi connectivity index (χ0) is 18.2. The molecule has 0 saturated carbocycles. The highest BCUT2D eigenvalue weighted by Crippen LogP contribution is 2.13. The molecule has 3 rings (SSSR count). The van der Waals surface area contributed by atoms with Crippen molar-refractivity contribution in [2.45, 2.75) is 12.8 Å². The van der Waals surface area contributed by atoms with Crippen LogP contribution in [0.2, 0.25) is 0 Å². The molecule has 1 amide bonds. The zero-order valence-electron chi connectivity index (χ0n) is 14.0. The maximum Gasteiger partial charge on any atom is 0.253 e. The Hall–Kier alpha value is -3.29. The molecule has 0 atom stereocenters. The SMILES string of the molecule is O=C(NCCCCOc1ccc(F)cc1)c1ccccc1-n1cnnn1. The lowest BCUT2D eigenvalue weighted by atomic mass is 10.1. The summed E-state index contributed by atoms with van der Waals surface area (Å²) in [5.41, 5.74) is 1.12. The molecule has 0 fully saturated rings. The second kappa shape index (κ2) is 8.70. The molecular formula is C18H18FN5O2. The number of unbranched alkanes of at least 4 members (excludes halogenated alkanes) is 1. The van der Waals surface area contributed by atoms with Crippen molar-refractivity contribution in [3.8, 4) is 11.4 Å². The van der Waals surface area contributed by atoms with Gasteiger partial charge in [0.1, 0.15) is 17.9 Å². The number of aromatic nitrogens is 4. The van der Waals surface area contributed by atoms with Crippen molar-refractivity contribution in [1.82, 2.24) is 25.5 Å². The van der Waals surface area contributed by atoms with Gasteiger partial charge in [0, 0.05) is 6.54 Å². The van der Waals surface area contributed by atoms with Gasteiger partial charge in [-0.1, -0.05) is 12.1 Å². The first kappa shape index (κ1) is 17.5. The van der Waals surface area contributed by atoms with Crippen molar-refractivity contribution in [1.29, 1.82) is 0 Å². The number of para-hydroxylation sites is 1. The van der Waals surface area contributed by atoms with E-state index in [-0.39, 0.29) is 11.7 Å². The van der Waals surface area contributed by atoms with Gasteiger partial charge in [-0.15, -0.1) is 5.10 Å². The number of nitrogens with zero attached hydrogens (tertiary/aromatic N) is 4. The van der Waals surface area contributed by atoms with Crippen LogP contribution in [0.4, 0.5) is 4.39 Å². The lowest BCUT2D eigenvalue weighted by Crippen LogP contribution is -2.26. The van der Waals surface area contributed by atoms with E-state index >= 15 is 0 Å². The number of hydrogen-bond acceptors (Lipinski definition) is 5. The van der Waals surface area contributed by atoms with E-state index in [1.807, 2.05) is 6.07 Å². The van der Waals surface area contributed by atoms with Gasteiger partial charge in [-0.3, -0.25) is 4.79 Å². The Kier molecular flexibility index (Phi) is 5.87. The summed E-state index contributed by atoms with van der Waals surface area (Å²) in [5.74, 6) is 0.156. The zero-order valence-corrected chi connectivity index (χ0v) is 14.0. The minimum absolute atomic E-state index is 0.185. The highest BCUT2D eigenvalue weighted by Gasteiger charge is 2.12. The monoisotopic (exact) mass is 355 g/mol. The number of nitrogens with one attached hydrogen (secondary N) is 1. The van der Waals surface area contributed by atoms with Crippen molar-refractivity contribution in [2.24, 2.45) is 0 Å². The minimum Gasteiger partial charge on any atom is -0.494 e. The molecule has 0 aliphatic carbocycles. The van der Waals surface area contributed by atoms with E-state index in [4.69, 9.17) is 4.74 Å². The molecule has 1 heterocycles. The van der Waals surface area contributed by atoms with E-state index in [0.29, 0.717) is 30.2 Å². The van der Waals surface area contributed by atoms with E-state index in [0.717, 1.165) is 12.8 Å². The fourth-order valence-corrected chi connectivity index (χ4v) is 2.38. The minimum atomic E-state index is -0.290. The van der Waals surface area contributed by atoms with E-state index in [2.05, 4.69) is 20.8 Å². The fraction of sp³-hybridized carbons (Fsp3) is 0.222. The lowest BCUT2D eigenvalue weighted by Gasteiger charge is -2.10. The molecule has 0 aliphatic rings. The first-order valence-corrected chi connectivity index (χ1v) is 8.23. The number of carbonyl (C=O) groups excluding carboxylic acids is 1. The van der Waals surface area contributed by atoms with Crippen LogP contribution in [0.1, 0.15) is 23.2 Å². The molecule has 0 bridgehead atoms. The second-order valence-corrected chi connectivity index (χ2v) is 5.54. The average molecular weight is 355 g/mol. The molecule has 134 valence electrons. The predicted octanol–water partition coefficient (Wildman–Crippen LogP) is 2.39. The highest BCUT2D eigenvalue weighted by molar-refractivity contribution is 5.97. The molecule has 0 spiro atoms. The van der Waals surface area contributed by atoms with Crippen molar-refractivity contribution in [3.05, 3.63) is 66.2 Å². The summed E-state index contributed by atoms with van der Waals surface area (Å²) in [4.78, 5) is 12.4. The van der Waals surface area contributed by atoms with E-state index in [1.165, 1.54) is 23.1 Å². The molecule has 8 heteroatoms. The third-order valence-electron chi connectivity index (χ3n) is 3.68. The second-order valence-electron chi connectivity index (χ2n) is 5.54. The Morgan fingerprint density at radius 2 is 1.92 bits per heavy atom. The molecule has 0 aliphatic heterocycles. The predicted molar refractivity (Wildman–Crippen MR) is 92.6 cm³/mol. The molecule has 2 aromatic carbocycles. The number of hydrogen-bond donors (Lipinski definition) is 1. The molecular weight excluding hydrogens is 337 g/mol. The topological polar surface area (TPSA) is 81.9 Å². The van der Waals surface area contributed by atoms with E-state index in [9.17, 15) is 9.18 Å². The maximum absolute atomic E-state index is 12.8. The number of rotatable bonds is 8. The molecule has 0 saturated heterocycles. The Morgan fingerprint density at radius 3 is 2.69 bits per heavy atom. The van der Waals surface area contributed by atoms with Crippen molar-refractivity contribution >= 4 is 5.91 Å². The van der Waals surface area contributed by atoms with Gasteiger partial charge in [-0.05, 0) is 59.7 Å². The molecule has 7 nitrogen and oxygen atoms in total. The Bertz CT molecular complexity index is 837. The normalized spacial score (nSPS) is 10.5. The summed E-state index contributed by atoms with van der Waals surface area (Å²) in [6.45, 7) is 1.03. The smallest absolute Gasteiger partial charge is 0.253 e. The van der Waals surface area contributed by atoms with Crippen LogP contribution in [-0.4, -0.2) is 39.3 Å². The molecule has 1 aromatic heterocycles. The van der Waals surface area contributed by atoms with Crippen LogP contribution in [0.25, 0.3) is 5.69 Å². The average Bonchev–Trinajstić information content (AvgIpc) is 3.20. The van der Waals surface area contributed by atoms with Gasteiger partial charge in [-0.25, -0.2) is 4.39 Å². The number of tetrazole rings is 1. The van der Waals surface area contributed by atoms with Gasteiger partial charge in [0.2, 0.25) is 0 Å². The third kappa shape index (κ3) is 4.62. The summed E-state index contributed by atoms with van der Waals surface area (Å²) in [7, 11) is 0. The lowest BCUT2D eigenvalue weighted by molar-refractivity contribution is 0.0952. The molecule has 26 heavy (non-hydrogen) atoms. The molecule has 1 N–H and O–H groups in total. The summed E-state index contributed by atoms with van der Waals surface area (Å²) in [6.07, 6.45) is 2.98. The van der Waals surface area contributed by atoms with Crippen LogP contribution in [0.3, 0.4) is 0 Å². The van der Waals surface area contributed by atoms with Gasteiger partial charge >= 0.3 is 0 Å². The Balaban J connectivity index is 1.43. The van der Waals surface area contributed by atoms with Crippen LogP contribution < -0.4 is 10.1 Å². The summed E-state index contributed by atoms with van der Waals surface area (Å²) in [6, 6.07) is 13.0. The fourth-order valence-electron chi connectivity index (χ4n) is 2.38. The Labute approximate surface area is 149 Å². The Morgan fingerprint density at radius 1 is 1.12 bits per heavy atom. The van der Waals surface area contributed by atoms with Crippen LogP contribution in [-0.2, 0) is 0 Å². The van der Waals surface area contributed by atoms with E-state index in [1.54, 1.807) is 30.3 Å². The molecule has 3 aromatic rings. The number of carbonyl (C=O) groups is 1. The number of benzene rings is 2. The summed E-state index contributed by atoms with van der Waals surface area (Å²) >= 11 is 0. The van der Waals surface area contributed by atoms with Crippen molar-refractivity contribution < 1.29 is 13.9 Å². The first-order valence-electron chi connectivity index (χ1n) is 8.23. The van der Waals surface area contributed by atoms with Crippen molar-refractivity contribution in [2.75, 3.05) is 13.2 Å². The third-order valence-corrected chi connectivity index (χ3v) is 3.68. The van der Waals surface area contributed by atoms with Crippen LogP contribution in [0.5, 0.6) is 5.75 Å². The maximum atomic E-state index is 12.8. The van der Waals surface area contributed by atoms with Crippen LogP contribution in [0.15, 0.2) is 54.9 Å². The largest absolute Gasteiger partial charge is 0.494 e. The van der Waals surface area contributed by atoms with Gasteiger partial charge in [0.15, 0.2) is 0 Å². The molecule has 0 radical (unpaired) electrons. The number of halogens is 1. The number of amides is 1. The van der Waals surface area contributed by atoms with Crippen LogP contribution in [0, 0.1) is 5.82 Å². The van der Waals surface area contributed by atoms with Gasteiger partial charge in [0.05, 0.1) is 17.9 Å². The van der Waals surface area contributed by atoms with Crippen molar-refractivity contribution in [3.63, 3.8) is 0 Å². The highest BCUT2D eigenvalue weighted by atomic mass is 19.1. The van der Waals surface area contributed by atoms with Gasteiger partial charge in [0.25, 0.3) is 5.91 Å². The van der Waals surface area contributed by atoms with Gasteiger partial charge < -0.3 is 10.1 Å². The molecule has 0 unspecified atom stereocenters. The summed E-state index contributed by atoms with van der Waals surface area (Å²) in [5, 5.41) is 13.9. The first-order chi connectivity index (χ1) is 12.7. The van der Waals surface area contributed by atoms with E-state index < -0.39 is 0 Å². The summed E-state index contributed by atoms with van der Waals surface area (Å²) < 4.78 is 19.8. The quantitative estimate of drug-likeness (QED) is 0.628. The number of ether oxygens (including phenoxy) is 1. The van der Waals surface area contributed by atoms with Gasteiger partial charge in [-0.2, -0.15) is 4.68 Å². The standard InChI is InChI=1S/C18H18FN5O2/c19-14-7-9-15(10-8-14)26-12-4-3-11-20-18(25)16-5-1-2-6-17(16)24-13-21-22-23-24/h1-2,5-10,13H,3-4,11-12H2,(H,20,25).